The van der Waals surface area contributed by atoms with E-state index >= 15 is 0 Å². The van der Waals surface area contributed by atoms with Crippen molar-refractivity contribution in [2.45, 2.75) is 49.6 Å². The maximum atomic E-state index is 12.5. The number of hydrogen-bond donors (Lipinski definition) is 0. The molecule has 0 radical (unpaired) electrons. The van der Waals surface area contributed by atoms with Crippen molar-refractivity contribution in [1.29, 1.82) is 0 Å². The normalized spacial score (nSPS) is 22.8. The number of rotatable bonds is 3. The fraction of sp³-hybridized carbons (Fsp3) is 0.562. The molecule has 4 rings (SSSR count). The molecule has 1 aromatic carbocycles. The smallest absolute Gasteiger partial charge is 0.311 e. The number of hydrogen-bond acceptors (Lipinski definition) is 1. The average molecular weight is 295 g/mol. The lowest BCUT2D eigenvalue weighted by molar-refractivity contribution is -0.133. The Bertz CT molecular complexity index is 614. The number of amides is 1. The molecule has 0 atom stereocenters. The molecule has 1 aliphatic heterocycles. The Hall–Kier alpha value is -1.52. The summed E-state index contributed by atoms with van der Waals surface area (Å²) < 4.78 is 37.5. The van der Waals surface area contributed by atoms with Gasteiger partial charge in [-0.3, -0.25) is 4.79 Å². The van der Waals surface area contributed by atoms with Gasteiger partial charge in [-0.1, -0.05) is 12.1 Å². The Balaban J connectivity index is 1.69. The first kappa shape index (κ1) is 13.2. The molecule has 0 unspecified atom stereocenters. The van der Waals surface area contributed by atoms with Gasteiger partial charge in [-0.25, -0.2) is 0 Å². The van der Waals surface area contributed by atoms with Crippen molar-refractivity contribution >= 4 is 11.6 Å². The lowest BCUT2D eigenvalue weighted by Crippen LogP contribution is -2.34. The topological polar surface area (TPSA) is 20.3 Å². The third-order valence-electron chi connectivity index (χ3n) is 4.90. The summed E-state index contributed by atoms with van der Waals surface area (Å²) >= 11 is 0. The van der Waals surface area contributed by atoms with Gasteiger partial charge in [0.2, 0.25) is 5.91 Å². The number of halogens is 3. The SMILES string of the molecule is O=C1N(CCC(F)(F)F)c2cc(C3CC3)ccc2C12CC2. The Morgan fingerprint density at radius 2 is 1.95 bits per heavy atom. The van der Waals surface area contributed by atoms with Crippen molar-refractivity contribution < 1.29 is 18.0 Å². The van der Waals surface area contributed by atoms with E-state index in [0.29, 0.717) is 5.92 Å². The van der Waals surface area contributed by atoms with Crippen LogP contribution in [0.4, 0.5) is 18.9 Å². The summed E-state index contributed by atoms with van der Waals surface area (Å²) in [6.07, 6.45) is -1.36. The van der Waals surface area contributed by atoms with Crippen molar-refractivity contribution in [3.05, 3.63) is 29.3 Å². The van der Waals surface area contributed by atoms with Gasteiger partial charge in [0.1, 0.15) is 0 Å². The quantitative estimate of drug-likeness (QED) is 0.828. The van der Waals surface area contributed by atoms with Gasteiger partial charge in [0.15, 0.2) is 0 Å². The molecule has 1 spiro atoms. The van der Waals surface area contributed by atoms with Crippen molar-refractivity contribution in [1.82, 2.24) is 0 Å². The fourth-order valence-corrected chi connectivity index (χ4v) is 3.40. The standard InChI is InChI=1S/C16H16F3NO/c17-16(18,19)7-8-20-13-9-11(10-1-2-10)3-4-12(13)15(5-6-15)14(20)21/h3-4,9-10H,1-2,5-8H2. The Labute approximate surface area is 120 Å². The van der Waals surface area contributed by atoms with E-state index in [1.807, 2.05) is 12.1 Å². The van der Waals surface area contributed by atoms with Crippen molar-refractivity contribution in [3.63, 3.8) is 0 Å². The second kappa shape index (κ2) is 4.02. The van der Waals surface area contributed by atoms with E-state index in [0.717, 1.165) is 42.5 Å². The molecule has 0 saturated heterocycles. The second-order valence-corrected chi connectivity index (χ2v) is 6.45. The van der Waals surface area contributed by atoms with Gasteiger partial charge in [-0.05, 0) is 48.8 Å². The number of fused-ring (bicyclic) bond motifs is 2. The molecule has 5 heteroatoms. The minimum Gasteiger partial charge on any atom is -0.311 e. The summed E-state index contributed by atoms with van der Waals surface area (Å²) in [6.45, 7) is -0.259. The van der Waals surface area contributed by atoms with Crippen molar-refractivity contribution in [2.24, 2.45) is 0 Å². The van der Waals surface area contributed by atoms with Crippen LogP contribution in [0.15, 0.2) is 18.2 Å². The number of anilines is 1. The van der Waals surface area contributed by atoms with Gasteiger partial charge in [0.25, 0.3) is 0 Å². The molecular formula is C16H16F3NO. The molecule has 0 aromatic heterocycles. The highest BCUT2D eigenvalue weighted by molar-refractivity contribution is 6.10. The fourth-order valence-electron chi connectivity index (χ4n) is 3.40. The number of carbonyl (C=O) groups is 1. The molecule has 2 aliphatic carbocycles. The van der Waals surface area contributed by atoms with Crippen molar-refractivity contribution in [3.8, 4) is 0 Å². The van der Waals surface area contributed by atoms with Gasteiger partial charge in [0, 0.05) is 12.2 Å². The van der Waals surface area contributed by atoms with Crippen LogP contribution in [0.2, 0.25) is 0 Å². The minimum atomic E-state index is -4.23. The van der Waals surface area contributed by atoms with E-state index in [4.69, 9.17) is 0 Å². The molecule has 0 N–H and O–H groups in total. The molecular weight excluding hydrogens is 279 g/mol. The molecule has 1 aromatic rings. The third-order valence-corrected chi connectivity index (χ3v) is 4.90. The van der Waals surface area contributed by atoms with Crippen LogP contribution in [0.3, 0.4) is 0 Å². The van der Waals surface area contributed by atoms with E-state index in [9.17, 15) is 18.0 Å². The van der Waals surface area contributed by atoms with E-state index in [2.05, 4.69) is 6.07 Å². The van der Waals surface area contributed by atoms with Gasteiger partial charge in [-0.2, -0.15) is 13.2 Å². The highest BCUT2D eigenvalue weighted by atomic mass is 19.4. The largest absolute Gasteiger partial charge is 0.390 e. The molecule has 2 fully saturated rings. The summed E-state index contributed by atoms with van der Waals surface area (Å²) in [4.78, 5) is 13.9. The third kappa shape index (κ3) is 2.05. The van der Waals surface area contributed by atoms with Crippen LogP contribution >= 0.6 is 0 Å². The van der Waals surface area contributed by atoms with Crippen molar-refractivity contribution in [2.75, 3.05) is 11.4 Å². The van der Waals surface area contributed by atoms with Crippen LogP contribution in [-0.4, -0.2) is 18.6 Å². The van der Waals surface area contributed by atoms with Crippen LogP contribution < -0.4 is 4.90 Å². The summed E-state index contributed by atoms with van der Waals surface area (Å²) in [5, 5.41) is 0. The molecule has 0 bridgehead atoms. The molecule has 112 valence electrons. The Kier molecular flexibility index (Phi) is 2.52. The van der Waals surface area contributed by atoms with E-state index in [-0.39, 0.29) is 12.5 Å². The number of benzene rings is 1. The van der Waals surface area contributed by atoms with Gasteiger partial charge < -0.3 is 4.90 Å². The summed E-state index contributed by atoms with van der Waals surface area (Å²) in [5.41, 5.74) is 2.34. The first-order valence-corrected chi connectivity index (χ1v) is 7.44. The lowest BCUT2D eigenvalue weighted by Gasteiger charge is -2.19. The second-order valence-electron chi connectivity index (χ2n) is 6.45. The predicted octanol–water partition coefficient (Wildman–Crippen LogP) is 3.89. The number of carbonyl (C=O) groups excluding carboxylic acids is 1. The van der Waals surface area contributed by atoms with E-state index in [1.54, 1.807) is 0 Å². The highest BCUT2D eigenvalue weighted by Crippen LogP contribution is 2.58. The molecule has 2 saturated carbocycles. The molecule has 3 aliphatic rings. The molecule has 1 amide bonds. The van der Waals surface area contributed by atoms with E-state index < -0.39 is 18.0 Å². The van der Waals surface area contributed by atoms with Crippen LogP contribution in [-0.2, 0) is 10.2 Å². The van der Waals surface area contributed by atoms with Crippen LogP contribution in [0.5, 0.6) is 0 Å². The summed E-state index contributed by atoms with van der Waals surface area (Å²) in [5.74, 6) is 0.403. The van der Waals surface area contributed by atoms with Gasteiger partial charge >= 0.3 is 6.18 Å². The monoisotopic (exact) mass is 295 g/mol. The van der Waals surface area contributed by atoms with Gasteiger partial charge in [0.05, 0.1) is 11.8 Å². The first-order chi connectivity index (χ1) is 9.91. The minimum absolute atomic E-state index is 0.130. The van der Waals surface area contributed by atoms with Crippen LogP contribution in [0.25, 0.3) is 0 Å². The van der Waals surface area contributed by atoms with E-state index in [1.165, 1.54) is 4.90 Å². The molecule has 2 nitrogen and oxygen atoms in total. The Morgan fingerprint density at radius 3 is 2.52 bits per heavy atom. The van der Waals surface area contributed by atoms with Gasteiger partial charge in [-0.15, -0.1) is 0 Å². The summed E-state index contributed by atoms with van der Waals surface area (Å²) in [6, 6.07) is 5.98. The van der Waals surface area contributed by atoms with Crippen LogP contribution in [0, 0.1) is 0 Å². The average Bonchev–Trinajstić information content (AvgIpc) is 3.29. The highest BCUT2D eigenvalue weighted by Gasteiger charge is 2.59. The number of nitrogens with zero attached hydrogens (tertiary/aromatic N) is 1. The predicted molar refractivity (Wildman–Crippen MR) is 72.4 cm³/mol. The summed E-state index contributed by atoms with van der Waals surface area (Å²) in [7, 11) is 0. The number of alkyl halides is 3. The first-order valence-electron chi connectivity index (χ1n) is 7.44. The van der Waals surface area contributed by atoms with Crippen LogP contribution in [0.1, 0.15) is 49.1 Å². The molecule has 1 heterocycles. The maximum absolute atomic E-state index is 12.5. The Morgan fingerprint density at radius 1 is 1.24 bits per heavy atom. The zero-order chi connectivity index (χ0) is 14.8. The zero-order valence-corrected chi connectivity index (χ0v) is 11.5. The lowest BCUT2D eigenvalue weighted by atomic mass is 9.96. The maximum Gasteiger partial charge on any atom is 0.390 e. The molecule has 21 heavy (non-hydrogen) atoms. The zero-order valence-electron chi connectivity index (χ0n) is 11.5.